The minimum Gasteiger partial charge on any atom is -0.394 e. The van der Waals surface area contributed by atoms with E-state index in [4.69, 9.17) is 5.11 Å². The summed E-state index contributed by atoms with van der Waals surface area (Å²) in [4.78, 5) is 14.9. The molecule has 8 heteroatoms. The van der Waals surface area contributed by atoms with Crippen LogP contribution in [0.2, 0.25) is 0 Å². The van der Waals surface area contributed by atoms with Gasteiger partial charge in [0, 0.05) is 36.5 Å². The molecule has 1 atom stereocenters. The van der Waals surface area contributed by atoms with Gasteiger partial charge < -0.3 is 10.0 Å². The second kappa shape index (κ2) is 7.71. The molecule has 27 heavy (non-hydrogen) atoms. The van der Waals surface area contributed by atoms with Gasteiger partial charge in [0.25, 0.3) is 5.91 Å². The van der Waals surface area contributed by atoms with Crippen LogP contribution in [-0.4, -0.2) is 60.2 Å². The maximum atomic E-state index is 13.0. The van der Waals surface area contributed by atoms with Gasteiger partial charge in [-0.25, -0.2) is 0 Å². The van der Waals surface area contributed by atoms with E-state index in [2.05, 4.69) is 15.3 Å². The van der Waals surface area contributed by atoms with Crippen LogP contribution < -0.4 is 0 Å². The lowest BCUT2D eigenvalue weighted by Crippen LogP contribution is -2.39. The lowest BCUT2D eigenvalue weighted by molar-refractivity contribution is 0.0705. The second-order valence-corrected chi connectivity index (χ2v) is 6.74. The molecule has 0 aliphatic carbocycles. The minimum atomic E-state index is 0.0319. The normalized spacial score (nSPS) is 17.2. The molecule has 0 bridgehead atoms. The second-order valence-electron chi connectivity index (χ2n) is 6.74. The molecule has 1 aliphatic heterocycles. The van der Waals surface area contributed by atoms with Gasteiger partial charge in [-0.1, -0.05) is 6.07 Å². The molecule has 140 valence electrons. The monoisotopic (exact) mass is 366 g/mol. The van der Waals surface area contributed by atoms with Gasteiger partial charge in [0.05, 0.1) is 18.8 Å². The molecule has 1 amide bonds. The highest BCUT2D eigenvalue weighted by molar-refractivity contribution is 5.94. The van der Waals surface area contributed by atoms with Crippen molar-refractivity contribution in [2.45, 2.75) is 25.3 Å². The summed E-state index contributed by atoms with van der Waals surface area (Å²) in [6.45, 7) is 1.97. The van der Waals surface area contributed by atoms with E-state index < -0.39 is 0 Å². The zero-order valence-corrected chi connectivity index (χ0v) is 15.0. The van der Waals surface area contributed by atoms with Crippen molar-refractivity contribution >= 4 is 5.91 Å². The van der Waals surface area contributed by atoms with Gasteiger partial charge in [-0.05, 0) is 37.1 Å². The molecule has 1 fully saturated rings. The molecule has 3 heterocycles. The van der Waals surface area contributed by atoms with Crippen LogP contribution >= 0.6 is 0 Å². The number of piperidine rings is 1. The molecule has 4 rings (SSSR count). The summed E-state index contributed by atoms with van der Waals surface area (Å²) >= 11 is 0. The lowest BCUT2D eigenvalue weighted by Gasteiger charge is -2.32. The number of hydrogen-bond acceptors (Lipinski definition) is 5. The van der Waals surface area contributed by atoms with Crippen LogP contribution in [-0.2, 0) is 6.54 Å². The maximum Gasteiger partial charge on any atom is 0.253 e. The topological polar surface area (TPSA) is 89.1 Å². The molecular weight excluding hydrogens is 344 g/mol. The molecule has 3 aromatic rings. The van der Waals surface area contributed by atoms with Crippen molar-refractivity contribution in [1.82, 2.24) is 29.4 Å². The van der Waals surface area contributed by atoms with Gasteiger partial charge in [-0.3, -0.25) is 14.0 Å². The highest BCUT2D eigenvalue weighted by Gasteiger charge is 2.27. The van der Waals surface area contributed by atoms with Gasteiger partial charge in [0.15, 0.2) is 0 Å². The zero-order chi connectivity index (χ0) is 18.6. The molecule has 8 nitrogen and oxygen atoms in total. The molecule has 1 aliphatic rings. The Morgan fingerprint density at radius 3 is 2.89 bits per heavy atom. The number of likely N-dealkylation sites (tertiary alicyclic amines) is 1. The van der Waals surface area contributed by atoms with E-state index in [1.807, 2.05) is 41.4 Å². The molecule has 1 aromatic carbocycles. The first-order valence-electron chi connectivity index (χ1n) is 9.13. The Hall–Kier alpha value is -3.00. The summed E-state index contributed by atoms with van der Waals surface area (Å²) in [6.07, 6.45) is 7.08. The first kappa shape index (κ1) is 17.4. The van der Waals surface area contributed by atoms with Gasteiger partial charge in [0.2, 0.25) is 0 Å². The quantitative estimate of drug-likeness (QED) is 0.739. The van der Waals surface area contributed by atoms with Crippen molar-refractivity contribution in [3.05, 3.63) is 60.4 Å². The molecule has 1 saturated heterocycles. The standard InChI is InChI=1S/C19H22N6O2/c26-10-9-25-8-6-18(22-25)16-4-2-7-23(12-16)19(27)15-3-1-5-17(11-15)24-13-20-21-14-24/h1,3,5-6,8,11,13-14,16,26H,2,4,7,9-10,12H2. The predicted molar refractivity (Wildman–Crippen MR) is 98.6 cm³/mol. The smallest absolute Gasteiger partial charge is 0.253 e. The van der Waals surface area contributed by atoms with Crippen molar-refractivity contribution in [3.8, 4) is 5.69 Å². The summed E-state index contributed by atoms with van der Waals surface area (Å²) < 4.78 is 3.53. The first-order valence-corrected chi connectivity index (χ1v) is 9.13. The average molecular weight is 366 g/mol. The molecule has 1 unspecified atom stereocenters. The molecule has 0 saturated carbocycles. The SMILES string of the molecule is O=C(c1cccc(-n2cnnc2)c1)N1CCCC(c2ccn(CCO)n2)C1. The van der Waals surface area contributed by atoms with Crippen molar-refractivity contribution in [3.63, 3.8) is 0 Å². The predicted octanol–water partition coefficient (Wildman–Crippen LogP) is 1.48. The zero-order valence-electron chi connectivity index (χ0n) is 15.0. The number of carbonyl (C=O) groups excluding carboxylic acids is 1. The fourth-order valence-corrected chi connectivity index (χ4v) is 3.54. The number of carbonyl (C=O) groups is 1. The molecule has 2 aromatic heterocycles. The van der Waals surface area contributed by atoms with Gasteiger partial charge in [-0.15, -0.1) is 10.2 Å². The number of rotatable bonds is 5. The van der Waals surface area contributed by atoms with Crippen molar-refractivity contribution in [2.24, 2.45) is 0 Å². The van der Waals surface area contributed by atoms with Crippen LogP contribution in [0.25, 0.3) is 5.69 Å². The molecule has 0 spiro atoms. The number of aliphatic hydroxyl groups excluding tert-OH is 1. The van der Waals surface area contributed by atoms with Crippen molar-refractivity contribution < 1.29 is 9.90 Å². The highest BCUT2D eigenvalue weighted by Crippen LogP contribution is 2.27. The van der Waals surface area contributed by atoms with Crippen LogP contribution in [0.5, 0.6) is 0 Å². The summed E-state index contributed by atoms with van der Waals surface area (Å²) in [7, 11) is 0. The van der Waals surface area contributed by atoms with E-state index in [0.717, 1.165) is 30.8 Å². The van der Waals surface area contributed by atoms with Crippen molar-refractivity contribution in [1.29, 1.82) is 0 Å². The van der Waals surface area contributed by atoms with E-state index >= 15 is 0 Å². The number of hydrogen-bond donors (Lipinski definition) is 1. The number of aliphatic hydroxyl groups is 1. The average Bonchev–Trinajstić information content (AvgIpc) is 3.40. The Balaban J connectivity index is 1.49. The third kappa shape index (κ3) is 3.75. The Kier molecular flexibility index (Phi) is 4.97. The lowest BCUT2D eigenvalue weighted by atomic mass is 9.94. The number of benzene rings is 1. The summed E-state index contributed by atoms with van der Waals surface area (Å²) in [5.41, 5.74) is 2.51. The minimum absolute atomic E-state index is 0.0319. The van der Waals surface area contributed by atoms with Crippen LogP contribution in [0.1, 0.15) is 34.8 Å². The van der Waals surface area contributed by atoms with Crippen molar-refractivity contribution in [2.75, 3.05) is 19.7 Å². The van der Waals surface area contributed by atoms with Crippen LogP contribution in [0.4, 0.5) is 0 Å². The van der Waals surface area contributed by atoms with Crippen LogP contribution in [0, 0.1) is 0 Å². The summed E-state index contributed by atoms with van der Waals surface area (Å²) in [5.74, 6) is 0.257. The summed E-state index contributed by atoms with van der Waals surface area (Å²) in [6, 6.07) is 9.50. The molecule has 0 radical (unpaired) electrons. The fraction of sp³-hybridized carbons (Fsp3) is 0.368. The number of amides is 1. The number of nitrogens with zero attached hydrogens (tertiary/aromatic N) is 6. The third-order valence-electron chi connectivity index (χ3n) is 4.93. The van der Waals surface area contributed by atoms with E-state index in [9.17, 15) is 4.79 Å². The first-order chi connectivity index (χ1) is 13.2. The maximum absolute atomic E-state index is 13.0. The highest BCUT2D eigenvalue weighted by atomic mass is 16.3. The largest absolute Gasteiger partial charge is 0.394 e. The number of aromatic nitrogens is 5. The molecular formula is C19H22N6O2. The third-order valence-corrected chi connectivity index (χ3v) is 4.93. The van der Waals surface area contributed by atoms with Gasteiger partial charge in [-0.2, -0.15) is 5.10 Å². The van der Waals surface area contributed by atoms with E-state index in [1.54, 1.807) is 21.9 Å². The van der Waals surface area contributed by atoms with Gasteiger partial charge in [0.1, 0.15) is 12.7 Å². The Morgan fingerprint density at radius 1 is 1.22 bits per heavy atom. The Labute approximate surface area is 157 Å². The summed E-state index contributed by atoms with van der Waals surface area (Å²) in [5, 5.41) is 21.2. The van der Waals surface area contributed by atoms with E-state index in [0.29, 0.717) is 18.7 Å². The van der Waals surface area contributed by atoms with Crippen LogP contribution in [0.15, 0.2) is 49.2 Å². The van der Waals surface area contributed by atoms with Crippen LogP contribution in [0.3, 0.4) is 0 Å². The van der Waals surface area contributed by atoms with E-state index in [-0.39, 0.29) is 18.4 Å². The Bertz CT molecular complexity index is 905. The van der Waals surface area contributed by atoms with E-state index in [1.165, 1.54) is 0 Å². The molecule has 1 N–H and O–H groups in total. The fourth-order valence-electron chi connectivity index (χ4n) is 3.54. The Morgan fingerprint density at radius 2 is 2.07 bits per heavy atom. The van der Waals surface area contributed by atoms with Gasteiger partial charge >= 0.3 is 0 Å².